The highest BCUT2D eigenvalue weighted by Gasteiger charge is 2.18. The van der Waals surface area contributed by atoms with Crippen LogP contribution in [0, 0.1) is 6.92 Å². The highest BCUT2D eigenvalue weighted by Crippen LogP contribution is 2.31. The number of imidazole rings is 1. The zero-order valence-corrected chi connectivity index (χ0v) is 19.0. The van der Waals surface area contributed by atoms with Crippen LogP contribution in [0.3, 0.4) is 0 Å². The predicted molar refractivity (Wildman–Crippen MR) is 133 cm³/mol. The van der Waals surface area contributed by atoms with Crippen molar-refractivity contribution in [2.75, 3.05) is 5.73 Å². The van der Waals surface area contributed by atoms with Gasteiger partial charge < -0.3 is 5.73 Å². The molecule has 0 bridgehead atoms. The fourth-order valence-electron chi connectivity index (χ4n) is 3.46. The molecule has 0 saturated carbocycles. The van der Waals surface area contributed by atoms with Crippen molar-refractivity contribution in [3.8, 4) is 28.3 Å². The summed E-state index contributed by atoms with van der Waals surface area (Å²) < 4.78 is 2.03. The van der Waals surface area contributed by atoms with Crippen LogP contribution in [0.4, 0.5) is 5.82 Å². The normalized spacial score (nSPS) is 10.6. The third-order valence-corrected chi connectivity index (χ3v) is 5.27. The summed E-state index contributed by atoms with van der Waals surface area (Å²) in [4.78, 5) is 14.0. The van der Waals surface area contributed by atoms with Crippen molar-refractivity contribution >= 4 is 28.6 Å². The first-order chi connectivity index (χ1) is 15.6. The lowest BCUT2D eigenvalue weighted by Gasteiger charge is -2.11. The van der Waals surface area contributed by atoms with Crippen LogP contribution in [0.15, 0.2) is 79.0 Å². The smallest absolute Gasteiger partial charge is 0.165 e. The molecule has 2 N–H and O–H groups in total. The number of halogens is 1. The van der Waals surface area contributed by atoms with E-state index in [9.17, 15) is 0 Å². The van der Waals surface area contributed by atoms with Crippen molar-refractivity contribution in [2.24, 2.45) is 0 Å². The van der Waals surface area contributed by atoms with Crippen LogP contribution in [0.1, 0.15) is 19.4 Å². The van der Waals surface area contributed by atoms with Gasteiger partial charge in [-0.25, -0.2) is 15.0 Å². The Kier molecular flexibility index (Phi) is 6.19. The number of nitrogens with zero attached hydrogens (tertiary/aromatic N) is 4. The minimum Gasteiger partial charge on any atom is -0.383 e. The van der Waals surface area contributed by atoms with E-state index in [4.69, 9.17) is 27.3 Å². The molecule has 0 aliphatic rings. The summed E-state index contributed by atoms with van der Waals surface area (Å²) in [6.07, 6.45) is 1.68. The van der Waals surface area contributed by atoms with E-state index >= 15 is 0 Å². The molecule has 5 aromatic rings. The zero-order valence-electron chi connectivity index (χ0n) is 18.2. The Morgan fingerprint density at radius 1 is 0.844 bits per heavy atom. The van der Waals surface area contributed by atoms with Crippen molar-refractivity contribution in [3.63, 3.8) is 0 Å². The zero-order chi connectivity index (χ0) is 22.7. The van der Waals surface area contributed by atoms with E-state index in [0.717, 1.165) is 33.7 Å². The standard InChI is InChI=1S/C24H18ClN5.C2H6/c1-15-4-10-18(11-5-15)30-23(19-3-2-14-27-22(19)26)29-21-13-12-20(28-24(21)30)16-6-8-17(25)9-7-16;1-2/h2-14H,1H3,(H2,26,27);1-2H3. The number of aromatic nitrogens is 4. The third-order valence-electron chi connectivity index (χ3n) is 5.02. The summed E-state index contributed by atoms with van der Waals surface area (Å²) in [5.74, 6) is 1.14. The summed E-state index contributed by atoms with van der Waals surface area (Å²) in [7, 11) is 0. The Morgan fingerprint density at radius 3 is 2.25 bits per heavy atom. The Balaban J connectivity index is 0.00000119. The summed E-state index contributed by atoms with van der Waals surface area (Å²) in [5, 5.41) is 0.693. The van der Waals surface area contributed by atoms with E-state index < -0.39 is 0 Å². The van der Waals surface area contributed by atoms with E-state index in [1.54, 1.807) is 6.20 Å². The number of nitrogen functional groups attached to an aromatic ring is 1. The molecule has 3 heterocycles. The molecule has 3 aromatic heterocycles. The lowest BCUT2D eigenvalue weighted by Crippen LogP contribution is -2.02. The van der Waals surface area contributed by atoms with Crippen molar-refractivity contribution < 1.29 is 0 Å². The first-order valence-electron chi connectivity index (χ1n) is 10.5. The van der Waals surface area contributed by atoms with Gasteiger partial charge in [0.1, 0.15) is 11.3 Å². The van der Waals surface area contributed by atoms with Gasteiger partial charge in [0.15, 0.2) is 11.5 Å². The van der Waals surface area contributed by atoms with Crippen molar-refractivity contribution in [3.05, 3.63) is 89.6 Å². The first kappa shape index (κ1) is 21.5. The topological polar surface area (TPSA) is 69.6 Å². The van der Waals surface area contributed by atoms with E-state index in [2.05, 4.69) is 36.2 Å². The summed E-state index contributed by atoms with van der Waals surface area (Å²) in [5.41, 5.74) is 12.5. The fourth-order valence-corrected chi connectivity index (χ4v) is 3.59. The van der Waals surface area contributed by atoms with Gasteiger partial charge in [-0.2, -0.15) is 0 Å². The molecule has 0 amide bonds. The number of fused-ring (bicyclic) bond motifs is 1. The molecule has 0 atom stereocenters. The molecule has 160 valence electrons. The van der Waals surface area contributed by atoms with Crippen molar-refractivity contribution in [1.82, 2.24) is 19.5 Å². The van der Waals surface area contributed by atoms with E-state index in [1.165, 1.54) is 5.56 Å². The largest absolute Gasteiger partial charge is 0.383 e. The highest BCUT2D eigenvalue weighted by atomic mass is 35.5. The fraction of sp³-hybridized carbons (Fsp3) is 0.115. The maximum atomic E-state index is 6.18. The van der Waals surface area contributed by atoms with Crippen LogP contribution in [0.25, 0.3) is 39.5 Å². The first-order valence-corrected chi connectivity index (χ1v) is 10.9. The van der Waals surface area contributed by atoms with Gasteiger partial charge >= 0.3 is 0 Å². The molecular formula is C26H24ClN5. The minimum atomic E-state index is 0.430. The Hall–Kier alpha value is -3.70. The summed E-state index contributed by atoms with van der Waals surface area (Å²) in [6, 6.07) is 23.6. The minimum absolute atomic E-state index is 0.430. The van der Waals surface area contributed by atoms with Gasteiger partial charge in [0.2, 0.25) is 0 Å². The SMILES string of the molecule is CC.Cc1ccc(-n2c(-c3cccnc3N)nc3ccc(-c4ccc(Cl)cc4)nc32)cc1. The third kappa shape index (κ3) is 4.07. The number of benzene rings is 2. The number of pyridine rings is 2. The number of aryl methyl sites for hydroxylation is 1. The maximum absolute atomic E-state index is 6.18. The average molecular weight is 442 g/mol. The predicted octanol–water partition coefficient (Wildman–Crippen LogP) is 6.72. The molecule has 0 aliphatic carbocycles. The van der Waals surface area contributed by atoms with Crippen LogP contribution in [0.5, 0.6) is 0 Å². The molecular weight excluding hydrogens is 418 g/mol. The molecule has 0 aliphatic heterocycles. The van der Waals surface area contributed by atoms with E-state index in [0.29, 0.717) is 16.7 Å². The Labute approximate surface area is 192 Å². The van der Waals surface area contributed by atoms with Gasteiger partial charge in [0.25, 0.3) is 0 Å². The Bertz CT molecular complexity index is 1360. The number of hydrogen-bond acceptors (Lipinski definition) is 4. The number of anilines is 1. The average Bonchev–Trinajstić information content (AvgIpc) is 3.20. The molecule has 0 radical (unpaired) electrons. The van der Waals surface area contributed by atoms with Gasteiger partial charge in [0, 0.05) is 22.5 Å². The van der Waals surface area contributed by atoms with E-state index in [1.807, 2.05) is 66.9 Å². The molecule has 5 rings (SSSR count). The molecule has 6 heteroatoms. The van der Waals surface area contributed by atoms with Gasteiger partial charge in [-0.15, -0.1) is 0 Å². The van der Waals surface area contributed by atoms with Crippen LogP contribution in [0.2, 0.25) is 5.02 Å². The quantitative estimate of drug-likeness (QED) is 0.337. The van der Waals surface area contributed by atoms with Crippen LogP contribution in [-0.4, -0.2) is 19.5 Å². The second-order valence-electron chi connectivity index (χ2n) is 7.09. The molecule has 0 spiro atoms. The molecule has 32 heavy (non-hydrogen) atoms. The van der Waals surface area contributed by atoms with Gasteiger partial charge in [-0.05, 0) is 55.5 Å². The molecule has 0 unspecified atom stereocenters. The number of rotatable bonds is 3. The lowest BCUT2D eigenvalue weighted by molar-refractivity contribution is 1.07. The second-order valence-corrected chi connectivity index (χ2v) is 7.53. The maximum Gasteiger partial charge on any atom is 0.165 e. The monoisotopic (exact) mass is 441 g/mol. The van der Waals surface area contributed by atoms with Gasteiger partial charge in [-0.3, -0.25) is 4.57 Å². The Morgan fingerprint density at radius 2 is 1.56 bits per heavy atom. The summed E-state index contributed by atoms with van der Waals surface area (Å²) in [6.45, 7) is 6.06. The molecule has 5 nitrogen and oxygen atoms in total. The molecule has 2 aromatic carbocycles. The van der Waals surface area contributed by atoms with Crippen LogP contribution in [-0.2, 0) is 0 Å². The van der Waals surface area contributed by atoms with Gasteiger partial charge in [-0.1, -0.05) is 55.3 Å². The number of hydrogen-bond donors (Lipinski definition) is 1. The number of nitrogens with two attached hydrogens (primary N) is 1. The summed E-state index contributed by atoms with van der Waals surface area (Å²) >= 11 is 6.05. The van der Waals surface area contributed by atoms with Crippen LogP contribution >= 0.6 is 11.6 Å². The van der Waals surface area contributed by atoms with Crippen molar-refractivity contribution in [1.29, 1.82) is 0 Å². The highest BCUT2D eigenvalue weighted by molar-refractivity contribution is 6.30. The molecule has 0 saturated heterocycles. The van der Waals surface area contributed by atoms with E-state index in [-0.39, 0.29) is 0 Å². The van der Waals surface area contributed by atoms with Crippen molar-refractivity contribution in [2.45, 2.75) is 20.8 Å². The van der Waals surface area contributed by atoms with Gasteiger partial charge in [0.05, 0.1) is 11.3 Å². The van der Waals surface area contributed by atoms with Crippen LogP contribution < -0.4 is 5.73 Å². The molecule has 0 fully saturated rings. The second kappa shape index (κ2) is 9.20. The lowest BCUT2D eigenvalue weighted by atomic mass is 10.1.